The van der Waals surface area contributed by atoms with Crippen LogP contribution in [0, 0.1) is 17.8 Å². The van der Waals surface area contributed by atoms with E-state index in [1.165, 1.54) is 0 Å². The first kappa shape index (κ1) is 16.0. The Morgan fingerprint density at radius 2 is 1.91 bits per heavy atom. The minimum absolute atomic E-state index is 0.00358. The molecule has 1 aromatic carbocycles. The summed E-state index contributed by atoms with van der Waals surface area (Å²) in [5.41, 5.74) is 1.02. The molecule has 2 aliphatic heterocycles. The number of hydrogen-bond donors (Lipinski definition) is 1. The number of nitrogens with zero attached hydrogens (tertiary/aromatic N) is 1. The molecule has 0 radical (unpaired) electrons. The quantitative estimate of drug-likeness (QED) is 0.929. The highest BCUT2D eigenvalue weighted by Gasteiger charge is 2.42. The summed E-state index contributed by atoms with van der Waals surface area (Å²) in [6.45, 7) is 3.40. The lowest BCUT2D eigenvalue weighted by atomic mass is 9.88. The molecule has 2 aliphatic rings. The van der Waals surface area contributed by atoms with Crippen LogP contribution in [-0.2, 0) is 14.3 Å². The molecule has 2 heterocycles. The molecule has 2 saturated heterocycles. The fourth-order valence-electron chi connectivity index (χ4n) is 3.71. The van der Waals surface area contributed by atoms with Gasteiger partial charge in [0.25, 0.3) is 0 Å². The minimum atomic E-state index is -0.813. The largest absolute Gasteiger partial charge is 0.481 e. The van der Waals surface area contributed by atoms with Crippen molar-refractivity contribution in [2.24, 2.45) is 17.8 Å². The van der Waals surface area contributed by atoms with E-state index >= 15 is 0 Å². The van der Waals surface area contributed by atoms with Gasteiger partial charge in [-0.1, -0.05) is 37.3 Å². The lowest BCUT2D eigenvalue weighted by molar-refractivity contribution is -0.145. The third-order valence-electron chi connectivity index (χ3n) is 5.01. The molecule has 0 aromatic heterocycles. The van der Waals surface area contributed by atoms with Gasteiger partial charge in [0, 0.05) is 19.7 Å². The van der Waals surface area contributed by atoms with Crippen LogP contribution in [0.2, 0.25) is 0 Å². The van der Waals surface area contributed by atoms with Crippen molar-refractivity contribution in [2.75, 3.05) is 19.7 Å². The predicted octanol–water partition coefficient (Wildman–Crippen LogP) is 2.33. The highest BCUT2D eigenvalue weighted by Crippen LogP contribution is 2.36. The molecule has 3 rings (SSSR count). The molecular formula is C18H23NO4. The standard InChI is InChI=1S/C18H23NO4/c1-12-10-19(11-15(12)18(21)22)17(20)14-8-5-9-23-16(14)13-6-3-2-4-7-13/h2-4,6-7,12,14-16H,5,8-11H2,1H3,(H,21,22)/t12-,14?,15-,16?/m1/s1. The molecule has 0 aliphatic carbocycles. The second-order valence-electron chi connectivity index (χ2n) is 6.62. The van der Waals surface area contributed by atoms with Crippen LogP contribution in [0.15, 0.2) is 30.3 Å². The molecule has 0 bridgehead atoms. The third kappa shape index (κ3) is 3.24. The Bertz CT molecular complexity index is 574. The van der Waals surface area contributed by atoms with Crippen LogP contribution in [0.5, 0.6) is 0 Å². The summed E-state index contributed by atoms with van der Waals surface area (Å²) in [4.78, 5) is 26.0. The van der Waals surface area contributed by atoms with E-state index in [0.29, 0.717) is 19.7 Å². The lowest BCUT2D eigenvalue weighted by Crippen LogP contribution is -2.40. The van der Waals surface area contributed by atoms with Crippen LogP contribution in [0.3, 0.4) is 0 Å². The normalized spacial score (nSPS) is 31.1. The van der Waals surface area contributed by atoms with E-state index in [0.717, 1.165) is 18.4 Å². The van der Waals surface area contributed by atoms with Gasteiger partial charge >= 0.3 is 5.97 Å². The Labute approximate surface area is 136 Å². The topological polar surface area (TPSA) is 66.8 Å². The van der Waals surface area contributed by atoms with E-state index in [2.05, 4.69) is 0 Å². The highest BCUT2D eigenvalue weighted by molar-refractivity contribution is 5.81. The molecule has 2 fully saturated rings. The molecule has 5 heteroatoms. The van der Waals surface area contributed by atoms with Crippen molar-refractivity contribution >= 4 is 11.9 Å². The Hall–Kier alpha value is -1.88. The van der Waals surface area contributed by atoms with E-state index < -0.39 is 11.9 Å². The first-order valence-corrected chi connectivity index (χ1v) is 8.26. The van der Waals surface area contributed by atoms with Crippen molar-refractivity contribution in [3.8, 4) is 0 Å². The number of carbonyl (C=O) groups is 2. The smallest absolute Gasteiger partial charge is 0.308 e. The molecule has 0 spiro atoms. The zero-order valence-corrected chi connectivity index (χ0v) is 13.4. The number of hydrogen-bond acceptors (Lipinski definition) is 3. The molecule has 4 atom stereocenters. The summed E-state index contributed by atoms with van der Waals surface area (Å²) in [7, 11) is 0. The van der Waals surface area contributed by atoms with Crippen molar-refractivity contribution in [2.45, 2.75) is 25.9 Å². The van der Waals surface area contributed by atoms with E-state index in [1.54, 1.807) is 4.90 Å². The van der Waals surface area contributed by atoms with E-state index in [9.17, 15) is 14.7 Å². The van der Waals surface area contributed by atoms with Gasteiger partial charge in [0.05, 0.1) is 17.9 Å². The van der Waals surface area contributed by atoms with Crippen LogP contribution in [-0.4, -0.2) is 41.6 Å². The van der Waals surface area contributed by atoms with E-state index in [-0.39, 0.29) is 23.8 Å². The number of rotatable bonds is 3. The Morgan fingerprint density at radius 1 is 1.17 bits per heavy atom. The zero-order valence-electron chi connectivity index (χ0n) is 13.4. The van der Waals surface area contributed by atoms with Gasteiger partial charge in [0.15, 0.2) is 0 Å². The monoisotopic (exact) mass is 317 g/mol. The van der Waals surface area contributed by atoms with E-state index in [1.807, 2.05) is 37.3 Å². The maximum absolute atomic E-state index is 13.0. The van der Waals surface area contributed by atoms with Crippen LogP contribution in [0.4, 0.5) is 0 Å². The molecule has 5 nitrogen and oxygen atoms in total. The molecular weight excluding hydrogens is 294 g/mol. The third-order valence-corrected chi connectivity index (χ3v) is 5.01. The van der Waals surface area contributed by atoms with Crippen molar-refractivity contribution < 1.29 is 19.4 Å². The fraction of sp³-hybridized carbons (Fsp3) is 0.556. The lowest BCUT2D eigenvalue weighted by Gasteiger charge is -2.33. The number of aliphatic carboxylic acids is 1. The second-order valence-corrected chi connectivity index (χ2v) is 6.62. The van der Waals surface area contributed by atoms with Gasteiger partial charge in [0.2, 0.25) is 5.91 Å². The van der Waals surface area contributed by atoms with Crippen LogP contribution < -0.4 is 0 Å². The Morgan fingerprint density at radius 3 is 2.57 bits per heavy atom. The number of carbonyl (C=O) groups excluding carboxylic acids is 1. The van der Waals surface area contributed by atoms with Gasteiger partial charge in [0.1, 0.15) is 0 Å². The summed E-state index contributed by atoms with van der Waals surface area (Å²) in [6, 6.07) is 9.83. The average molecular weight is 317 g/mol. The first-order chi connectivity index (χ1) is 11.1. The molecule has 1 aromatic rings. The van der Waals surface area contributed by atoms with Crippen molar-refractivity contribution in [3.05, 3.63) is 35.9 Å². The van der Waals surface area contributed by atoms with Crippen LogP contribution >= 0.6 is 0 Å². The number of amides is 1. The maximum atomic E-state index is 13.0. The maximum Gasteiger partial charge on any atom is 0.308 e. The van der Waals surface area contributed by atoms with Crippen molar-refractivity contribution in [1.82, 2.24) is 4.90 Å². The molecule has 23 heavy (non-hydrogen) atoms. The summed E-state index contributed by atoms with van der Waals surface area (Å²) in [5, 5.41) is 9.26. The molecule has 0 saturated carbocycles. The summed E-state index contributed by atoms with van der Waals surface area (Å²) < 4.78 is 5.89. The molecule has 124 valence electrons. The van der Waals surface area contributed by atoms with Crippen LogP contribution in [0.1, 0.15) is 31.4 Å². The summed E-state index contributed by atoms with van der Waals surface area (Å²) in [5.74, 6) is -1.46. The number of likely N-dealkylation sites (tertiary alicyclic amines) is 1. The predicted molar refractivity (Wildman–Crippen MR) is 84.7 cm³/mol. The molecule has 2 unspecified atom stereocenters. The van der Waals surface area contributed by atoms with Gasteiger partial charge in [-0.3, -0.25) is 9.59 Å². The summed E-state index contributed by atoms with van der Waals surface area (Å²) in [6.07, 6.45) is 1.43. The molecule has 1 N–H and O–H groups in total. The van der Waals surface area contributed by atoms with Crippen molar-refractivity contribution in [3.63, 3.8) is 0 Å². The SMILES string of the molecule is C[C@@H]1CN(C(=O)C2CCCOC2c2ccccc2)C[C@H]1C(=O)O. The molecule has 1 amide bonds. The zero-order chi connectivity index (χ0) is 16.4. The number of ether oxygens (including phenoxy) is 1. The van der Waals surface area contributed by atoms with Crippen molar-refractivity contribution in [1.29, 1.82) is 0 Å². The first-order valence-electron chi connectivity index (χ1n) is 8.26. The van der Waals surface area contributed by atoms with Gasteiger partial charge in [-0.2, -0.15) is 0 Å². The minimum Gasteiger partial charge on any atom is -0.481 e. The highest BCUT2D eigenvalue weighted by atomic mass is 16.5. The fourth-order valence-corrected chi connectivity index (χ4v) is 3.71. The van der Waals surface area contributed by atoms with Gasteiger partial charge in [-0.25, -0.2) is 0 Å². The Balaban J connectivity index is 1.76. The van der Waals surface area contributed by atoms with Gasteiger partial charge < -0.3 is 14.7 Å². The van der Waals surface area contributed by atoms with E-state index in [4.69, 9.17) is 4.74 Å². The number of carboxylic acid groups (broad SMARTS) is 1. The second kappa shape index (κ2) is 6.71. The van der Waals surface area contributed by atoms with Gasteiger partial charge in [-0.05, 0) is 24.3 Å². The average Bonchev–Trinajstić information content (AvgIpc) is 2.97. The summed E-state index contributed by atoms with van der Waals surface area (Å²) >= 11 is 0. The Kier molecular flexibility index (Phi) is 4.66. The number of benzene rings is 1. The van der Waals surface area contributed by atoms with Crippen LogP contribution in [0.25, 0.3) is 0 Å². The number of carboxylic acids is 1. The van der Waals surface area contributed by atoms with Gasteiger partial charge in [-0.15, -0.1) is 0 Å².